The van der Waals surface area contributed by atoms with Crippen LogP contribution in [0.2, 0.25) is 5.28 Å². The lowest BCUT2D eigenvalue weighted by Gasteiger charge is -2.16. The van der Waals surface area contributed by atoms with Gasteiger partial charge < -0.3 is 34.9 Å². The highest BCUT2D eigenvalue weighted by atomic mass is 35.5. The van der Waals surface area contributed by atoms with E-state index < -0.39 is 42.2 Å². The average molecular weight is 571 g/mol. The lowest BCUT2D eigenvalue weighted by molar-refractivity contribution is -0.137. The molecular formula is C22H22ClF3N8O5. The molecule has 1 amide bonds. The third kappa shape index (κ3) is 4.80. The first-order chi connectivity index (χ1) is 18.4. The number of carbonyl (C=O) groups is 1. The largest absolute Gasteiger partial charge is 0.423 e. The molecule has 0 bridgehead atoms. The van der Waals surface area contributed by atoms with Crippen molar-refractivity contribution < 1.29 is 37.3 Å². The number of aliphatic hydroxyl groups is 2. The Hall–Kier alpha value is -3.73. The van der Waals surface area contributed by atoms with Crippen LogP contribution in [0.15, 0.2) is 22.9 Å². The van der Waals surface area contributed by atoms with Crippen molar-refractivity contribution in [1.82, 2.24) is 29.8 Å². The van der Waals surface area contributed by atoms with Gasteiger partial charge in [-0.05, 0) is 29.3 Å². The highest BCUT2D eigenvalue weighted by molar-refractivity contribution is 6.28. The molecule has 4 heterocycles. The van der Waals surface area contributed by atoms with Gasteiger partial charge in [0.05, 0.1) is 6.33 Å². The van der Waals surface area contributed by atoms with Gasteiger partial charge in [0.1, 0.15) is 23.3 Å². The maximum atomic E-state index is 13.8. The molecular weight excluding hydrogens is 549 g/mol. The summed E-state index contributed by atoms with van der Waals surface area (Å²) in [6.07, 6.45) is -9.05. The lowest BCUT2D eigenvalue weighted by Crippen LogP contribution is -2.41. The number of fused-ring (bicyclic) bond motifs is 2. The SMILES string of the molecule is CNC(=O)[C@H]1O[C@@H](n2cnc3c(NCc4cc(C(F)(F)F)c5oc(N(C)C)nc5c4)nc(Cl)nc32)[C@H](O)[C@@H]1O. The number of benzene rings is 1. The van der Waals surface area contributed by atoms with Gasteiger partial charge in [0.25, 0.3) is 11.9 Å². The Labute approximate surface area is 222 Å². The van der Waals surface area contributed by atoms with Crippen molar-refractivity contribution >= 4 is 51.6 Å². The second-order valence-electron chi connectivity index (χ2n) is 8.94. The van der Waals surface area contributed by atoms with Crippen molar-refractivity contribution in [2.45, 2.75) is 37.3 Å². The van der Waals surface area contributed by atoms with E-state index in [0.717, 1.165) is 6.07 Å². The maximum Gasteiger partial charge on any atom is 0.420 e. The van der Waals surface area contributed by atoms with Crippen molar-refractivity contribution in [3.63, 3.8) is 0 Å². The van der Waals surface area contributed by atoms with Gasteiger partial charge in [-0.25, -0.2) is 4.98 Å². The zero-order valence-corrected chi connectivity index (χ0v) is 21.3. The van der Waals surface area contributed by atoms with Crippen LogP contribution in [-0.4, -0.2) is 80.1 Å². The number of nitrogens with zero attached hydrogens (tertiary/aromatic N) is 6. The summed E-state index contributed by atoms with van der Waals surface area (Å²) >= 11 is 6.11. The number of likely N-dealkylation sites (N-methyl/N-ethyl adjacent to an activating group) is 1. The smallest absolute Gasteiger partial charge is 0.420 e. The number of carbonyl (C=O) groups excluding carboxylic acids is 1. The van der Waals surface area contributed by atoms with Gasteiger partial charge in [-0.3, -0.25) is 9.36 Å². The molecule has 39 heavy (non-hydrogen) atoms. The summed E-state index contributed by atoms with van der Waals surface area (Å²) in [5.74, 6) is -0.550. The fourth-order valence-electron chi connectivity index (χ4n) is 4.22. The van der Waals surface area contributed by atoms with Crippen LogP contribution in [0.25, 0.3) is 22.3 Å². The standard InChI is InChI=1S/C22H22ClF3N8O5/c1-27-18(37)15-12(35)13(36)19(38-15)34-7-29-11-16(31-20(23)32-17(11)34)28-6-8-4-9(22(24,25)26)14-10(5-8)30-21(39-14)33(2)3/h4-5,7,12-13,15,19,35-36H,6H2,1-3H3,(H,27,37)(H,28,31,32)/t12-,13+,15-,19+/m0/s1. The summed E-state index contributed by atoms with van der Waals surface area (Å²) < 4.78 is 53.5. The van der Waals surface area contributed by atoms with Crippen LogP contribution in [0.5, 0.6) is 0 Å². The summed E-state index contributed by atoms with van der Waals surface area (Å²) in [4.78, 5) is 30.0. The summed E-state index contributed by atoms with van der Waals surface area (Å²) in [6.45, 7) is -0.126. The number of nitrogens with one attached hydrogen (secondary N) is 2. The van der Waals surface area contributed by atoms with Gasteiger partial charge in [-0.2, -0.15) is 28.1 Å². The Balaban J connectivity index is 1.47. The number of alkyl halides is 3. The minimum atomic E-state index is -4.69. The molecule has 0 unspecified atom stereocenters. The van der Waals surface area contributed by atoms with Gasteiger partial charge in [-0.15, -0.1) is 0 Å². The van der Waals surface area contributed by atoms with E-state index in [-0.39, 0.29) is 51.5 Å². The lowest BCUT2D eigenvalue weighted by atomic mass is 10.1. The number of aliphatic hydroxyl groups excluding tert-OH is 2. The van der Waals surface area contributed by atoms with E-state index in [2.05, 4.69) is 30.6 Å². The molecule has 5 rings (SSSR count). The monoisotopic (exact) mass is 570 g/mol. The number of hydrogen-bond donors (Lipinski definition) is 4. The van der Waals surface area contributed by atoms with Crippen molar-refractivity contribution in [2.24, 2.45) is 0 Å². The number of aromatic nitrogens is 5. The molecule has 0 radical (unpaired) electrons. The molecule has 0 saturated carbocycles. The second-order valence-corrected chi connectivity index (χ2v) is 9.28. The number of hydrogen-bond acceptors (Lipinski definition) is 11. The van der Waals surface area contributed by atoms with Crippen molar-refractivity contribution in [2.75, 3.05) is 31.4 Å². The van der Waals surface area contributed by atoms with E-state index in [1.807, 2.05) is 0 Å². The molecule has 208 valence electrons. The van der Waals surface area contributed by atoms with Gasteiger partial charge in [0.15, 0.2) is 34.9 Å². The van der Waals surface area contributed by atoms with Crippen LogP contribution in [0.4, 0.5) is 25.0 Å². The van der Waals surface area contributed by atoms with E-state index in [0.29, 0.717) is 0 Å². The van der Waals surface area contributed by atoms with E-state index in [1.165, 1.54) is 28.9 Å². The molecule has 1 aromatic carbocycles. The number of rotatable bonds is 6. The maximum absolute atomic E-state index is 13.8. The third-order valence-corrected chi connectivity index (χ3v) is 6.27. The van der Waals surface area contributed by atoms with Crippen molar-refractivity contribution in [3.05, 3.63) is 34.9 Å². The Kier molecular flexibility index (Phi) is 6.74. The van der Waals surface area contributed by atoms with E-state index in [1.54, 1.807) is 14.1 Å². The molecule has 1 fully saturated rings. The molecule has 1 saturated heterocycles. The predicted molar refractivity (Wildman–Crippen MR) is 131 cm³/mol. The van der Waals surface area contributed by atoms with Crippen LogP contribution in [0, 0.1) is 0 Å². The summed E-state index contributed by atoms with van der Waals surface area (Å²) in [5.41, 5.74) is -0.872. The zero-order chi connectivity index (χ0) is 28.2. The Morgan fingerprint density at radius 2 is 1.95 bits per heavy atom. The molecule has 4 N–H and O–H groups in total. The van der Waals surface area contributed by atoms with E-state index in [9.17, 15) is 28.2 Å². The number of ether oxygens (including phenoxy) is 1. The summed E-state index contributed by atoms with van der Waals surface area (Å²) in [6, 6.07) is 2.42. The fourth-order valence-corrected chi connectivity index (χ4v) is 4.38. The Morgan fingerprint density at radius 3 is 2.62 bits per heavy atom. The van der Waals surface area contributed by atoms with Crippen molar-refractivity contribution in [1.29, 1.82) is 0 Å². The Bertz CT molecular complexity index is 1560. The first kappa shape index (κ1) is 26.9. The molecule has 0 aliphatic carbocycles. The van der Waals surface area contributed by atoms with Crippen LogP contribution in [-0.2, 0) is 22.3 Å². The predicted octanol–water partition coefficient (Wildman–Crippen LogP) is 1.68. The molecule has 4 aromatic rings. The number of halogens is 4. The van der Waals surface area contributed by atoms with E-state index >= 15 is 0 Å². The average Bonchev–Trinajstić information content (AvgIpc) is 3.57. The zero-order valence-electron chi connectivity index (χ0n) is 20.6. The highest BCUT2D eigenvalue weighted by Gasteiger charge is 2.47. The van der Waals surface area contributed by atoms with Crippen LogP contribution < -0.4 is 15.5 Å². The third-order valence-electron chi connectivity index (χ3n) is 6.10. The normalized spacial score (nSPS) is 21.6. The molecule has 4 atom stereocenters. The number of imidazole rings is 1. The highest BCUT2D eigenvalue weighted by Crippen LogP contribution is 2.38. The van der Waals surface area contributed by atoms with Crippen LogP contribution in [0.1, 0.15) is 17.4 Å². The summed E-state index contributed by atoms with van der Waals surface area (Å²) in [5, 5.41) is 25.8. The van der Waals surface area contributed by atoms with E-state index in [4.69, 9.17) is 20.8 Å². The molecule has 13 nitrogen and oxygen atoms in total. The molecule has 1 aliphatic heterocycles. The van der Waals surface area contributed by atoms with Crippen LogP contribution >= 0.6 is 11.6 Å². The van der Waals surface area contributed by atoms with Gasteiger partial charge in [-0.1, -0.05) is 0 Å². The minimum absolute atomic E-state index is 0.0236. The van der Waals surface area contributed by atoms with Crippen molar-refractivity contribution in [3.8, 4) is 0 Å². The molecule has 1 aliphatic rings. The topological polar surface area (TPSA) is 164 Å². The quantitative estimate of drug-likeness (QED) is 0.249. The van der Waals surface area contributed by atoms with Gasteiger partial charge in [0.2, 0.25) is 5.28 Å². The van der Waals surface area contributed by atoms with Gasteiger partial charge in [0, 0.05) is 27.7 Å². The Morgan fingerprint density at radius 1 is 1.21 bits per heavy atom. The molecule has 3 aromatic heterocycles. The number of amides is 1. The number of oxazole rings is 1. The summed E-state index contributed by atoms with van der Waals surface area (Å²) in [7, 11) is 4.55. The first-order valence-electron chi connectivity index (χ1n) is 11.4. The number of anilines is 2. The van der Waals surface area contributed by atoms with Crippen LogP contribution in [0.3, 0.4) is 0 Å². The van der Waals surface area contributed by atoms with Gasteiger partial charge >= 0.3 is 6.18 Å². The second kappa shape index (κ2) is 9.78. The minimum Gasteiger partial charge on any atom is -0.423 e. The first-order valence-corrected chi connectivity index (χ1v) is 11.8. The fraction of sp³-hybridized carbons (Fsp3) is 0.409. The molecule has 0 spiro atoms. The molecule has 17 heteroatoms.